The van der Waals surface area contributed by atoms with Crippen LogP contribution in [0.1, 0.15) is 11.1 Å². The third-order valence-corrected chi connectivity index (χ3v) is 4.13. The first-order valence-electron chi connectivity index (χ1n) is 9.59. The van der Waals surface area contributed by atoms with E-state index < -0.39 is 49.1 Å². The molecule has 2 aromatic rings. The van der Waals surface area contributed by atoms with Crippen LogP contribution in [-0.4, -0.2) is 64.7 Å². The van der Waals surface area contributed by atoms with E-state index in [4.69, 9.17) is 10.2 Å². The van der Waals surface area contributed by atoms with Crippen LogP contribution in [0.5, 0.6) is 0 Å². The van der Waals surface area contributed by atoms with Crippen LogP contribution in [0.3, 0.4) is 0 Å². The molecule has 2 atom stereocenters. The van der Waals surface area contributed by atoms with Crippen molar-refractivity contribution in [3.63, 3.8) is 0 Å². The van der Waals surface area contributed by atoms with Crippen LogP contribution >= 0.6 is 0 Å². The zero-order valence-corrected chi connectivity index (χ0v) is 23.6. The van der Waals surface area contributed by atoms with E-state index in [1.54, 1.807) is 48.5 Å². The van der Waals surface area contributed by atoms with Gasteiger partial charge in [-0.05, 0) is 24.0 Å². The van der Waals surface area contributed by atoms with Crippen molar-refractivity contribution in [3.8, 4) is 0 Å². The van der Waals surface area contributed by atoms with E-state index in [-0.39, 0.29) is 77.4 Å². The first-order valence-corrected chi connectivity index (χ1v) is 9.59. The van der Waals surface area contributed by atoms with Crippen molar-refractivity contribution in [1.29, 1.82) is 0 Å². The molecule has 0 amide bonds. The summed E-state index contributed by atoms with van der Waals surface area (Å²) in [7, 11) is 0. The average molecular weight is 508 g/mol. The van der Waals surface area contributed by atoms with Gasteiger partial charge in [-0.3, -0.25) is 20.2 Å². The van der Waals surface area contributed by atoms with Crippen molar-refractivity contribution >= 4 is 23.9 Å². The summed E-state index contributed by atoms with van der Waals surface area (Å²) >= 11 is 0. The summed E-state index contributed by atoms with van der Waals surface area (Å²) in [5, 5.41) is 43.2. The summed E-state index contributed by atoms with van der Waals surface area (Å²) in [6.45, 7) is -0.795. The summed E-state index contributed by atoms with van der Waals surface area (Å²) in [5.41, 5.74) is 1.63. The van der Waals surface area contributed by atoms with E-state index in [0.29, 0.717) is 0 Å². The van der Waals surface area contributed by atoms with Gasteiger partial charge < -0.3 is 35.5 Å². The summed E-state index contributed by atoms with van der Waals surface area (Å²) < 4.78 is 0. The quantitative estimate of drug-likeness (QED) is 0.199. The Balaban J connectivity index is -0.000000539. The van der Waals surface area contributed by atoms with Crippen LogP contribution < -0.4 is 80.0 Å². The van der Waals surface area contributed by atoms with Crippen LogP contribution in [0, 0.1) is 0 Å². The van der Waals surface area contributed by atoms with Crippen molar-refractivity contribution in [2.24, 2.45) is 0 Å². The van der Waals surface area contributed by atoms with E-state index in [2.05, 4.69) is 10.6 Å². The first kappa shape index (κ1) is 37.7. The molecule has 0 aromatic heterocycles. The number of carboxylic acids is 4. The molecular formula is C22H26N2Na2O9. The second-order valence-corrected chi connectivity index (χ2v) is 6.67. The molecule has 0 aliphatic heterocycles. The Morgan fingerprint density at radius 3 is 1.17 bits per heavy atom. The minimum Gasteiger partial charge on any atom is -0.548 e. The second-order valence-electron chi connectivity index (χ2n) is 6.67. The van der Waals surface area contributed by atoms with Crippen molar-refractivity contribution < 1.29 is 104 Å². The third-order valence-electron chi connectivity index (χ3n) is 4.13. The molecule has 11 nitrogen and oxygen atoms in total. The van der Waals surface area contributed by atoms with Gasteiger partial charge in [0.2, 0.25) is 0 Å². The monoisotopic (exact) mass is 508 g/mol. The summed E-state index contributed by atoms with van der Waals surface area (Å²) in [6, 6.07) is 15.9. The van der Waals surface area contributed by atoms with Gasteiger partial charge in [-0.2, -0.15) is 0 Å². The van der Waals surface area contributed by atoms with Crippen LogP contribution in [0.2, 0.25) is 0 Å². The molecule has 0 spiro atoms. The normalized spacial score (nSPS) is 11.0. The summed E-state index contributed by atoms with van der Waals surface area (Å²) in [6.07, 6.45) is 0.410. The largest absolute Gasteiger partial charge is 1.00 e. The predicted molar refractivity (Wildman–Crippen MR) is 113 cm³/mol. The van der Waals surface area contributed by atoms with E-state index in [9.17, 15) is 29.4 Å². The third kappa shape index (κ3) is 18.2. The number of aliphatic carboxylic acids is 4. The Morgan fingerprint density at radius 1 is 0.657 bits per heavy atom. The molecule has 0 aliphatic rings. The van der Waals surface area contributed by atoms with E-state index >= 15 is 0 Å². The smallest absolute Gasteiger partial charge is 0.548 e. The minimum absolute atomic E-state index is 0. The number of carbonyl (C=O) groups excluding carboxylic acids is 2. The molecule has 35 heavy (non-hydrogen) atoms. The number of rotatable bonds is 12. The van der Waals surface area contributed by atoms with Gasteiger partial charge in [-0.25, -0.2) is 0 Å². The Labute approximate surface area is 246 Å². The zero-order valence-electron chi connectivity index (χ0n) is 19.6. The molecular weight excluding hydrogens is 482 g/mol. The van der Waals surface area contributed by atoms with E-state index in [0.717, 1.165) is 11.1 Å². The molecule has 0 radical (unpaired) electrons. The number of carbonyl (C=O) groups is 4. The molecule has 0 bridgehead atoms. The summed E-state index contributed by atoms with van der Waals surface area (Å²) in [4.78, 5) is 42.1. The topological polar surface area (TPSA) is 210 Å². The molecule has 0 fully saturated rings. The molecule has 13 heteroatoms. The molecule has 6 N–H and O–H groups in total. The van der Waals surface area contributed by atoms with Crippen molar-refractivity contribution in [2.75, 3.05) is 13.1 Å². The van der Waals surface area contributed by atoms with Gasteiger partial charge in [-0.15, -0.1) is 0 Å². The number of hydrogen-bond donors (Lipinski definition) is 4. The first-order chi connectivity index (χ1) is 15.2. The molecule has 0 aliphatic carbocycles. The number of benzene rings is 2. The standard InChI is InChI=1S/2C11H13NO4.2Na.H2O/c2*13-10(14)7-12-9(11(15)16)6-8-4-2-1-3-5-8;;;/h2*1-5,9,12H,6-7H2,(H,13,14)(H,15,16);;;1H2/q;;2*+1;/p-2/t2*9-;;;/m00.../s1. The van der Waals surface area contributed by atoms with Gasteiger partial charge in [0.25, 0.3) is 0 Å². The SMILES string of the molecule is O.O=C(O)CN[C@@H](Cc1ccccc1)C(=O)[O-].O=C(O)CN[C@@H](Cc1ccccc1)C(=O)[O-].[Na+].[Na+]. The van der Waals surface area contributed by atoms with Crippen LogP contribution in [0.25, 0.3) is 0 Å². The van der Waals surface area contributed by atoms with Crippen LogP contribution in [0.15, 0.2) is 60.7 Å². The van der Waals surface area contributed by atoms with Gasteiger partial charge >= 0.3 is 71.1 Å². The molecule has 0 saturated carbocycles. The number of hydrogen-bond acceptors (Lipinski definition) is 8. The Hall–Kier alpha value is -1.80. The fourth-order valence-corrected chi connectivity index (χ4v) is 2.60. The van der Waals surface area contributed by atoms with Gasteiger partial charge in [0.1, 0.15) is 0 Å². The fraction of sp³-hybridized carbons (Fsp3) is 0.273. The zero-order chi connectivity index (χ0) is 23.9. The average Bonchev–Trinajstić information content (AvgIpc) is 2.75. The van der Waals surface area contributed by atoms with Gasteiger partial charge in [-0.1, -0.05) is 60.7 Å². The van der Waals surface area contributed by atoms with Crippen molar-refractivity contribution in [1.82, 2.24) is 10.6 Å². The Kier molecular flexibility index (Phi) is 23.2. The molecule has 180 valence electrons. The fourth-order valence-electron chi connectivity index (χ4n) is 2.60. The van der Waals surface area contributed by atoms with Crippen molar-refractivity contribution in [2.45, 2.75) is 24.9 Å². The number of carboxylic acid groups (broad SMARTS) is 4. The number of nitrogens with one attached hydrogen (secondary N) is 2. The maximum Gasteiger partial charge on any atom is 1.00 e. The minimum atomic E-state index is -1.30. The van der Waals surface area contributed by atoms with Gasteiger partial charge in [0.05, 0.1) is 37.1 Å². The Morgan fingerprint density at radius 2 is 0.943 bits per heavy atom. The Bertz CT molecular complexity index is 814. The predicted octanol–water partition coefficient (Wildman–Crippen LogP) is -8.77. The van der Waals surface area contributed by atoms with Crippen LogP contribution in [0.4, 0.5) is 0 Å². The van der Waals surface area contributed by atoms with Gasteiger partial charge in [0.15, 0.2) is 0 Å². The second kappa shape index (κ2) is 21.5. The maximum atomic E-state index is 10.7. The molecule has 2 rings (SSSR count). The summed E-state index contributed by atoms with van der Waals surface area (Å²) in [5.74, 6) is -4.80. The van der Waals surface area contributed by atoms with Gasteiger partial charge in [0, 0.05) is 0 Å². The van der Waals surface area contributed by atoms with E-state index in [1.807, 2.05) is 12.1 Å². The van der Waals surface area contributed by atoms with Crippen LogP contribution in [-0.2, 0) is 32.0 Å². The van der Waals surface area contributed by atoms with E-state index in [1.165, 1.54) is 0 Å². The molecule has 0 heterocycles. The molecule has 0 unspecified atom stereocenters. The molecule has 0 saturated heterocycles. The van der Waals surface area contributed by atoms with Crippen molar-refractivity contribution in [3.05, 3.63) is 71.8 Å². The molecule has 2 aromatic carbocycles. The maximum absolute atomic E-state index is 10.7.